The van der Waals surface area contributed by atoms with Crippen LogP contribution < -0.4 is 39.4 Å². The third-order valence-electron chi connectivity index (χ3n) is 2.54. The summed E-state index contributed by atoms with van der Waals surface area (Å²) in [6, 6.07) is 2.03. The molecule has 0 radical (unpaired) electrons. The van der Waals surface area contributed by atoms with E-state index in [1.165, 1.54) is 0 Å². The fourth-order valence-corrected chi connectivity index (χ4v) is 2.87. The molecular formula is C13H13Br2NaO5. The van der Waals surface area contributed by atoms with Gasteiger partial charge in [0, 0.05) is 23.3 Å². The maximum Gasteiger partial charge on any atom is 1.00 e. The van der Waals surface area contributed by atoms with Crippen LogP contribution in [0.3, 0.4) is 0 Å². The minimum atomic E-state index is -1.08. The van der Waals surface area contributed by atoms with Crippen molar-refractivity contribution in [3.8, 4) is 5.75 Å². The second-order valence-corrected chi connectivity index (χ2v) is 5.72. The van der Waals surface area contributed by atoms with Crippen LogP contribution in [0.4, 0.5) is 0 Å². The van der Waals surface area contributed by atoms with Gasteiger partial charge in [0.05, 0.1) is 11.1 Å². The molecule has 1 N–H and O–H groups in total. The van der Waals surface area contributed by atoms with E-state index in [2.05, 4.69) is 31.9 Å². The number of carboxylic acids is 2. The van der Waals surface area contributed by atoms with Crippen LogP contribution in [0.2, 0.25) is 0 Å². The maximum absolute atomic E-state index is 10.6. The number of fused-ring (bicyclic) bond motifs is 1. The largest absolute Gasteiger partial charge is 1.00 e. The van der Waals surface area contributed by atoms with E-state index >= 15 is 0 Å². The quantitative estimate of drug-likeness (QED) is 0.615. The van der Waals surface area contributed by atoms with Crippen molar-refractivity contribution < 1.29 is 54.1 Å². The van der Waals surface area contributed by atoms with Crippen LogP contribution in [0, 0.1) is 0 Å². The molecule has 0 atom stereocenters. The van der Waals surface area contributed by atoms with E-state index in [1.807, 2.05) is 6.07 Å². The summed E-state index contributed by atoms with van der Waals surface area (Å²) in [6.45, 7) is 1.67. The molecule has 0 aliphatic carbocycles. The molecule has 0 bridgehead atoms. The van der Waals surface area contributed by atoms with Crippen molar-refractivity contribution in [3.63, 3.8) is 0 Å². The van der Waals surface area contributed by atoms with Gasteiger partial charge in [0.15, 0.2) is 0 Å². The number of rotatable bonds is 3. The molecule has 1 aliphatic heterocycles. The topological polar surface area (TPSA) is 86.7 Å². The molecule has 1 aromatic carbocycles. The van der Waals surface area contributed by atoms with E-state index in [-0.39, 0.29) is 36.0 Å². The number of aliphatic carboxylic acids is 2. The zero-order valence-corrected chi connectivity index (χ0v) is 16.9. The van der Waals surface area contributed by atoms with Crippen LogP contribution >= 0.6 is 31.9 Å². The molecule has 1 aromatic rings. The van der Waals surface area contributed by atoms with E-state index in [0.717, 1.165) is 39.2 Å². The molecular weight excluding hydrogens is 419 g/mol. The Morgan fingerprint density at radius 2 is 1.95 bits per heavy atom. The molecule has 21 heavy (non-hydrogen) atoms. The number of hydrogen-bond acceptors (Lipinski definition) is 4. The van der Waals surface area contributed by atoms with Crippen molar-refractivity contribution in [2.24, 2.45) is 0 Å². The Hall–Kier alpha value is -0.0800. The molecule has 8 heteroatoms. The van der Waals surface area contributed by atoms with Crippen molar-refractivity contribution in [2.45, 2.75) is 26.2 Å². The Morgan fingerprint density at radius 1 is 1.38 bits per heavy atom. The van der Waals surface area contributed by atoms with Gasteiger partial charge < -0.3 is 19.7 Å². The van der Waals surface area contributed by atoms with Crippen LogP contribution in [0.1, 0.15) is 24.5 Å². The Kier molecular flexibility index (Phi) is 9.80. The summed E-state index contributed by atoms with van der Waals surface area (Å²) in [6.07, 6.45) is 1.56. The first-order valence-electron chi connectivity index (χ1n) is 5.84. The molecule has 2 rings (SSSR count). The Labute approximate surface area is 161 Å². The van der Waals surface area contributed by atoms with Crippen LogP contribution in [-0.2, 0) is 22.4 Å². The summed E-state index contributed by atoms with van der Waals surface area (Å²) in [7, 11) is 0. The van der Waals surface area contributed by atoms with Gasteiger partial charge in [-0.2, -0.15) is 0 Å². The fraction of sp³-hybridized carbons (Fsp3) is 0.385. The monoisotopic (exact) mass is 430 g/mol. The molecule has 110 valence electrons. The zero-order chi connectivity index (χ0) is 15.3. The third-order valence-corrected chi connectivity index (χ3v) is 4.73. The summed E-state index contributed by atoms with van der Waals surface area (Å²) >= 11 is 6.93. The molecule has 1 heterocycles. The summed E-state index contributed by atoms with van der Waals surface area (Å²) < 4.78 is 7.29. The van der Waals surface area contributed by atoms with Crippen LogP contribution in [-0.4, -0.2) is 23.7 Å². The zero-order valence-electron chi connectivity index (χ0n) is 11.7. The maximum atomic E-state index is 10.6. The standard InChI is InChI=1S/C11H10Br2O3.C2H4O2.Na/c12-9-6(1-2-8(14)15)5-7-3-4-16-11(7)10(9)13;1-2(3)4;/h5H,1-4H2,(H,14,15);1H3,(H,3,4);/q;;+1/p-1. The fourth-order valence-electron chi connectivity index (χ4n) is 1.75. The Balaban J connectivity index is 0.000000715. The predicted molar refractivity (Wildman–Crippen MR) is 77.7 cm³/mol. The average molecular weight is 432 g/mol. The molecule has 0 fully saturated rings. The first-order chi connectivity index (χ1) is 9.32. The van der Waals surface area contributed by atoms with Gasteiger partial charge in [0.25, 0.3) is 0 Å². The van der Waals surface area contributed by atoms with E-state index < -0.39 is 11.9 Å². The Morgan fingerprint density at radius 3 is 2.48 bits per heavy atom. The number of halogens is 2. The smallest absolute Gasteiger partial charge is 0.550 e. The van der Waals surface area contributed by atoms with Crippen LogP contribution in [0.25, 0.3) is 0 Å². The van der Waals surface area contributed by atoms with Gasteiger partial charge in [-0.25, -0.2) is 0 Å². The second-order valence-electron chi connectivity index (χ2n) is 4.14. The van der Waals surface area contributed by atoms with E-state index in [0.29, 0.717) is 13.0 Å². The van der Waals surface area contributed by atoms with E-state index in [9.17, 15) is 4.79 Å². The van der Waals surface area contributed by atoms with Crippen LogP contribution in [0.5, 0.6) is 5.75 Å². The average Bonchev–Trinajstić information content (AvgIpc) is 2.79. The first-order valence-corrected chi connectivity index (χ1v) is 7.43. The molecule has 0 amide bonds. The number of benzene rings is 1. The van der Waals surface area contributed by atoms with Crippen molar-refractivity contribution >= 4 is 43.8 Å². The van der Waals surface area contributed by atoms with E-state index in [1.54, 1.807) is 0 Å². The van der Waals surface area contributed by atoms with Gasteiger partial charge in [0.1, 0.15) is 5.75 Å². The number of carbonyl (C=O) groups is 2. The predicted octanol–water partition coefficient (Wildman–Crippen LogP) is -1.08. The SMILES string of the molecule is CC(=O)[O-].O=C(O)CCc1cc2c(c(Br)c1Br)OCC2.[Na+]. The van der Waals surface area contributed by atoms with Crippen LogP contribution in [0.15, 0.2) is 15.0 Å². The summed E-state index contributed by atoms with van der Waals surface area (Å²) in [4.78, 5) is 19.4. The summed E-state index contributed by atoms with van der Waals surface area (Å²) in [5.41, 5.74) is 2.16. The molecule has 0 saturated heterocycles. The van der Waals surface area contributed by atoms with Crippen molar-refractivity contribution in [1.82, 2.24) is 0 Å². The second kappa shape index (κ2) is 9.84. The normalized spacial score (nSPS) is 11.4. The first kappa shape index (κ1) is 20.9. The van der Waals surface area contributed by atoms with Gasteiger partial charge in [-0.15, -0.1) is 0 Å². The molecule has 0 aromatic heterocycles. The van der Waals surface area contributed by atoms with Crippen molar-refractivity contribution in [3.05, 3.63) is 26.1 Å². The van der Waals surface area contributed by atoms with Gasteiger partial charge in [-0.1, -0.05) is 6.07 Å². The Bertz CT molecular complexity index is 530. The number of carbonyl (C=O) groups excluding carboxylic acids is 1. The minimum absolute atomic E-state index is 0. The minimum Gasteiger partial charge on any atom is -0.550 e. The van der Waals surface area contributed by atoms with Gasteiger partial charge in [-0.05, 0) is 56.3 Å². The van der Waals surface area contributed by atoms with Gasteiger partial charge in [0.2, 0.25) is 0 Å². The summed E-state index contributed by atoms with van der Waals surface area (Å²) in [5.74, 6) is -0.981. The number of hydrogen-bond donors (Lipinski definition) is 1. The molecule has 5 nitrogen and oxygen atoms in total. The van der Waals surface area contributed by atoms with Gasteiger partial charge in [-0.3, -0.25) is 4.79 Å². The number of carboxylic acid groups (broad SMARTS) is 2. The molecule has 0 unspecified atom stereocenters. The van der Waals surface area contributed by atoms with Gasteiger partial charge >= 0.3 is 35.5 Å². The van der Waals surface area contributed by atoms with E-state index in [4.69, 9.17) is 19.7 Å². The molecule has 0 saturated carbocycles. The summed E-state index contributed by atoms with van der Waals surface area (Å²) in [5, 5.41) is 17.6. The number of ether oxygens (including phenoxy) is 1. The molecule has 0 spiro atoms. The van der Waals surface area contributed by atoms with Crippen molar-refractivity contribution in [2.75, 3.05) is 6.61 Å². The third kappa shape index (κ3) is 6.69. The number of aryl methyl sites for hydroxylation is 1. The molecule has 1 aliphatic rings. The van der Waals surface area contributed by atoms with Crippen molar-refractivity contribution in [1.29, 1.82) is 0 Å².